The van der Waals surface area contributed by atoms with E-state index in [1.807, 2.05) is 60.7 Å². The Bertz CT molecular complexity index is 939. The van der Waals surface area contributed by atoms with Gasteiger partial charge in [0.05, 0.1) is 11.9 Å². The highest BCUT2D eigenvalue weighted by Gasteiger charge is 2.05. The van der Waals surface area contributed by atoms with Crippen LogP contribution in [0.25, 0.3) is 22.4 Å². The number of nitrogens with zero attached hydrogens (tertiary/aromatic N) is 4. The van der Waals surface area contributed by atoms with Gasteiger partial charge in [0.2, 0.25) is 0 Å². The summed E-state index contributed by atoms with van der Waals surface area (Å²) in [6.07, 6.45) is 3.50. The lowest BCUT2D eigenvalue weighted by Gasteiger charge is -2.06. The number of hydrogen-bond donors (Lipinski definition) is 1. The summed E-state index contributed by atoms with van der Waals surface area (Å²) in [4.78, 5) is 17.8. The van der Waals surface area contributed by atoms with Crippen LogP contribution in [0.1, 0.15) is 0 Å². The van der Waals surface area contributed by atoms with Gasteiger partial charge in [-0.05, 0) is 24.3 Å². The maximum Gasteiger partial charge on any atom is 0.180 e. The van der Waals surface area contributed by atoms with Crippen LogP contribution in [-0.4, -0.2) is 19.9 Å². The smallest absolute Gasteiger partial charge is 0.180 e. The summed E-state index contributed by atoms with van der Waals surface area (Å²) in [6, 6.07) is 19.4. The van der Waals surface area contributed by atoms with E-state index >= 15 is 0 Å². The fourth-order valence-corrected chi connectivity index (χ4v) is 2.28. The predicted octanol–water partition coefficient (Wildman–Crippen LogP) is 3.83. The highest BCUT2D eigenvalue weighted by Crippen LogP contribution is 2.20. The van der Waals surface area contributed by atoms with Crippen LogP contribution in [0.4, 0.5) is 11.6 Å². The van der Waals surface area contributed by atoms with E-state index in [4.69, 9.17) is 0 Å². The minimum absolute atomic E-state index is 0.604. The van der Waals surface area contributed by atoms with Gasteiger partial charge in [0.1, 0.15) is 17.2 Å². The van der Waals surface area contributed by atoms with Crippen LogP contribution in [-0.2, 0) is 0 Å². The summed E-state index contributed by atoms with van der Waals surface area (Å²) >= 11 is 0. The molecule has 0 radical (unpaired) electrons. The SMILES string of the molecule is c1ccc(-c2cnc3ccc(Nc4ccccn4)nc3n2)cc1. The molecule has 5 heteroatoms. The van der Waals surface area contributed by atoms with Crippen LogP contribution in [0.5, 0.6) is 0 Å². The van der Waals surface area contributed by atoms with Gasteiger partial charge in [-0.1, -0.05) is 36.4 Å². The van der Waals surface area contributed by atoms with E-state index in [2.05, 4.69) is 25.3 Å². The number of benzene rings is 1. The molecule has 4 rings (SSSR count). The highest BCUT2D eigenvalue weighted by molar-refractivity contribution is 5.75. The van der Waals surface area contributed by atoms with Crippen molar-refractivity contribution >= 4 is 22.8 Å². The summed E-state index contributed by atoms with van der Waals surface area (Å²) in [5, 5.41) is 3.17. The van der Waals surface area contributed by atoms with Crippen molar-refractivity contribution in [2.75, 3.05) is 5.32 Å². The maximum absolute atomic E-state index is 4.61. The van der Waals surface area contributed by atoms with Crippen molar-refractivity contribution in [3.63, 3.8) is 0 Å². The second-order valence-corrected chi connectivity index (χ2v) is 5.00. The monoisotopic (exact) mass is 299 g/mol. The molecule has 5 nitrogen and oxygen atoms in total. The molecule has 110 valence electrons. The third-order valence-corrected chi connectivity index (χ3v) is 3.40. The molecule has 0 amide bonds. The average molecular weight is 299 g/mol. The summed E-state index contributed by atoms with van der Waals surface area (Å²) < 4.78 is 0. The summed E-state index contributed by atoms with van der Waals surface area (Å²) in [7, 11) is 0. The van der Waals surface area contributed by atoms with Crippen LogP contribution in [0.2, 0.25) is 0 Å². The largest absolute Gasteiger partial charge is 0.325 e. The Morgan fingerprint density at radius 2 is 1.57 bits per heavy atom. The molecule has 1 N–H and O–H groups in total. The van der Waals surface area contributed by atoms with Gasteiger partial charge in [-0.2, -0.15) is 0 Å². The number of anilines is 2. The van der Waals surface area contributed by atoms with Gasteiger partial charge in [0, 0.05) is 11.8 Å². The lowest BCUT2D eigenvalue weighted by atomic mass is 10.2. The van der Waals surface area contributed by atoms with Crippen LogP contribution in [0.3, 0.4) is 0 Å². The van der Waals surface area contributed by atoms with E-state index in [9.17, 15) is 0 Å². The van der Waals surface area contributed by atoms with E-state index in [0.717, 1.165) is 22.6 Å². The third-order valence-electron chi connectivity index (χ3n) is 3.40. The molecular weight excluding hydrogens is 286 g/mol. The molecule has 0 aliphatic rings. The van der Waals surface area contributed by atoms with Gasteiger partial charge >= 0.3 is 0 Å². The van der Waals surface area contributed by atoms with Gasteiger partial charge in [-0.3, -0.25) is 4.98 Å². The molecule has 1 aromatic carbocycles. The second-order valence-electron chi connectivity index (χ2n) is 5.00. The number of hydrogen-bond acceptors (Lipinski definition) is 5. The quantitative estimate of drug-likeness (QED) is 0.623. The number of pyridine rings is 2. The molecule has 0 saturated heterocycles. The minimum atomic E-state index is 0.604. The molecule has 23 heavy (non-hydrogen) atoms. The zero-order valence-electron chi connectivity index (χ0n) is 12.2. The first-order valence-electron chi connectivity index (χ1n) is 7.26. The lowest BCUT2D eigenvalue weighted by Crippen LogP contribution is -1.97. The van der Waals surface area contributed by atoms with E-state index in [1.54, 1.807) is 12.4 Å². The first-order valence-corrected chi connectivity index (χ1v) is 7.26. The summed E-state index contributed by atoms with van der Waals surface area (Å²) in [6.45, 7) is 0. The van der Waals surface area contributed by atoms with Gasteiger partial charge in [0.25, 0.3) is 0 Å². The highest BCUT2D eigenvalue weighted by atomic mass is 15.1. The topological polar surface area (TPSA) is 63.6 Å². The third kappa shape index (κ3) is 2.85. The lowest BCUT2D eigenvalue weighted by molar-refractivity contribution is 1.21. The molecule has 0 fully saturated rings. The van der Waals surface area contributed by atoms with Crippen molar-refractivity contribution in [2.45, 2.75) is 0 Å². The molecule has 0 aliphatic carbocycles. The maximum atomic E-state index is 4.61. The molecular formula is C18H13N5. The molecule has 3 heterocycles. The van der Waals surface area contributed by atoms with Crippen LogP contribution in [0.15, 0.2) is 73.1 Å². The van der Waals surface area contributed by atoms with Crippen molar-refractivity contribution < 1.29 is 0 Å². The van der Waals surface area contributed by atoms with Crippen molar-refractivity contribution in [3.05, 3.63) is 73.1 Å². The first-order chi connectivity index (χ1) is 11.4. The molecule has 0 spiro atoms. The van der Waals surface area contributed by atoms with Gasteiger partial charge < -0.3 is 5.32 Å². The van der Waals surface area contributed by atoms with E-state index in [1.165, 1.54) is 0 Å². The molecule has 0 bridgehead atoms. The Balaban J connectivity index is 1.72. The molecule has 0 unspecified atom stereocenters. The van der Waals surface area contributed by atoms with E-state index < -0.39 is 0 Å². The summed E-state index contributed by atoms with van der Waals surface area (Å²) in [5.74, 6) is 1.43. The number of fused-ring (bicyclic) bond motifs is 1. The molecule has 0 atom stereocenters. The molecule has 0 aliphatic heterocycles. The van der Waals surface area contributed by atoms with Crippen LogP contribution >= 0.6 is 0 Å². The fourth-order valence-electron chi connectivity index (χ4n) is 2.28. The minimum Gasteiger partial charge on any atom is -0.325 e. The van der Waals surface area contributed by atoms with Gasteiger partial charge in [0.15, 0.2) is 5.65 Å². The molecule has 3 aromatic heterocycles. The Hall–Kier alpha value is -3.34. The van der Waals surface area contributed by atoms with Crippen molar-refractivity contribution in [1.82, 2.24) is 19.9 Å². The average Bonchev–Trinajstić information content (AvgIpc) is 2.63. The Morgan fingerprint density at radius 3 is 2.39 bits per heavy atom. The Labute approximate surface area is 133 Å². The number of rotatable bonds is 3. The standard InChI is InChI=1S/C18H13N5/c1-2-6-13(7-3-1)15-12-20-14-9-10-17(23-18(14)21-15)22-16-8-4-5-11-19-16/h1-12H,(H,19,21,22,23). The molecule has 4 aromatic rings. The number of nitrogens with one attached hydrogen (secondary N) is 1. The predicted molar refractivity (Wildman–Crippen MR) is 90.3 cm³/mol. The zero-order chi connectivity index (χ0) is 15.5. The first kappa shape index (κ1) is 13.3. The van der Waals surface area contributed by atoms with E-state index in [-0.39, 0.29) is 0 Å². The Morgan fingerprint density at radius 1 is 0.696 bits per heavy atom. The second kappa shape index (κ2) is 5.81. The fraction of sp³-hybridized carbons (Fsp3) is 0. The van der Waals surface area contributed by atoms with Crippen LogP contribution in [0, 0.1) is 0 Å². The number of aromatic nitrogens is 4. The van der Waals surface area contributed by atoms with Crippen molar-refractivity contribution in [3.8, 4) is 11.3 Å². The zero-order valence-corrected chi connectivity index (χ0v) is 12.2. The van der Waals surface area contributed by atoms with Gasteiger partial charge in [-0.15, -0.1) is 0 Å². The van der Waals surface area contributed by atoms with E-state index in [0.29, 0.717) is 11.5 Å². The summed E-state index contributed by atoms with van der Waals surface area (Å²) in [5.41, 5.74) is 3.19. The normalized spacial score (nSPS) is 10.6. The van der Waals surface area contributed by atoms with Crippen molar-refractivity contribution in [1.29, 1.82) is 0 Å². The van der Waals surface area contributed by atoms with Crippen LogP contribution < -0.4 is 5.32 Å². The Kier molecular flexibility index (Phi) is 3.37. The van der Waals surface area contributed by atoms with Gasteiger partial charge in [-0.25, -0.2) is 15.0 Å². The molecule has 0 saturated carbocycles. The van der Waals surface area contributed by atoms with Crippen molar-refractivity contribution in [2.24, 2.45) is 0 Å².